The van der Waals surface area contributed by atoms with Gasteiger partial charge in [0.05, 0.1) is 19.8 Å². The van der Waals surface area contributed by atoms with E-state index in [1.54, 1.807) is 17.0 Å². The summed E-state index contributed by atoms with van der Waals surface area (Å²) < 4.78 is 53.2. The molecule has 1 aliphatic heterocycles. The number of hydrogen-bond acceptors (Lipinski definition) is 5. The van der Waals surface area contributed by atoms with E-state index in [1.807, 2.05) is 6.07 Å². The van der Waals surface area contributed by atoms with Crippen LogP contribution in [-0.2, 0) is 19.7 Å². The molecule has 1 heterocycles. The van der Waals surface area contributed by atoms with Crippen LogP contribution < -0.4 is 4.72 Å². The first-order valence-electron chi connectivity index (χ1n) is 11.1. The van der Waals surface area contributed by atoms with Crippen molar-refractivity contribution in [2.75, 3.05) is 40.9 Å². The summed E-state index contributed by atoms with van der Waals surface area (Å²) in [7, 11) is 0.704. The van der Waals surface area contributed by atoms with Gasteiger partial charge < -0.3 is 14.4 Å². The summed E-state index contributed by atoms with van der Waals surface area (Å²) in [6.07, 6.45) is 3.71. The first-order valence-corrected chi connectivity index (χ1v) is 12.5. The number of nitrogens with one attached hydrogen (secondary N) is 1. The maximum Gasteiger partial charge on any atom is 0.409 e. The molecule has 2 atom stereocenters. The minimum Gasteiger partial charge on any atom is -0.453 e. The first kappa shape index (κ1) is 24.9. The molecule has 1 amide bonds. The summed E-state index contributed by atoms with van der Waals surface area (Å²) in [5.41, 5.74) is 1.03. The van der Waals surface area contributed by atoms with Crippen LogP contribution in [0.15, 0.2) is 24.3 Å². The molecule has 32 heavy (non-hydrogen) atoms. The van der Waals surface area contributed by atoms with Gasteiger partial charge >= 0.3 is 6.09 Å². The van der Waals surface area contributed by atoms with Gasteiger partial charge in [-0.15, -0.1) is 0 Å². The molecule has 2 aliphatic rings. The SMILES string of the molecule is COC(=O)N1CCC(NS(=O)(=O)N(C)C)C(COC2CCC(c3cccc(F)c3)CC2)C1. The van der Waals surface area contributed by atoms with E-state index >= 15 is 0 Å². The maximum absolute atomic E-state index is 13.5. The number of methoxy groups -OCH3 is 1. The Balaban J connectivity index is 1.57. The second kappa shape index (κ2) is 10.9. The molecule has 0 radical (unpaired) electrons. The van der Waals surface area contributed by atoms with E-state index < -0.39 is 16.3 Å². The fourth-order valence-electron chi connectivity index (χ4n) is 4.53. The van der Waals surface area contributed by atoms with Crippen LogP contribution in [0.3, 0.4) is 0 Å². The lowest BCUT2D eigenvalue weighted by Crippen LogP contribution is -2.55. The van der Waals surface area contributed by atoms with Crippen LogP contribution in [0.1, 0.15) is 43.6 Å². The standard InChI is InChI=1S/C22H34FN3O5S/c1-25(2)32(28,29)24-21-11-12-26(22(27)30-3)14-18(21)15-31-20-9-7-16(8-10-20)17-5-4-6-19(23)13-17/h4-6,13,16,18,20-21,24H,7-12,14-15H2,1-3H3. The predicted octanol–water partition coefficient (Wildman–Crippen LogP) is 2.72. The number of benzene rings is 1. The maximum atomic E-state index is 13.5. The minimum absolute atomic E-state index is 0.0689. The summed E-state index contributed by atoms with van der Waals surface area (Å²) in [5.74, 6) is -0.0623. The zero-order chi connectivity index (χ0) is 23.3. The molecule has 8 nitrogen and oxygen atoms in total. The fraction of sp³-hybridized carbons (Fsp3) is 0.682. The molecule has 0 aromatic heterocycles. The normalized spacial score (nSPS) is 26.8. The van der Waals surface area contributed by atoms with E-state index in [2.05, 4.69) is 4.72 Å². The van der Waals surface area contributed by atoms with Gasteiger partial charge in [-0.05, 0) is 55.7 Å². The van der Waals surface area contributed by atoms with Crippen molar-refractivity contribution in [2.24, 2.45) is 5.92 Å². The van der Waals surface area contributed by atoms with Crippen molar-refractivity contribution >= 4 is 16.3 Å². The Morgan fingerprint density at radius 3 is 2.56 bits per heavy atom. The molecule has 0 spiro atoms. The van der Waals surface area contributed by atoms with Gasteiger partial charge in [-0.25, -0.2) is 9.18 Å². The number of likely N-dealkylation sites (tertiary alicyclic amines) is 1. The Kier molecular flexibility index (Phi) is 8.49. The Morgan fingerprint density at radius 1 is 1.22 bits per heavy atom. The van der Waals surface area contributed by atoms with Gasteiger partial charge in [0.2, 0.25) is 0 Å². The van der Waals surface area contributed by atoms with E-state index in [9.17, 15) is 17.6 Å². The van der Waals surface area contributed by atoms with Crippen molar-refractivity contribution in [3.05, 3.63) is 35.6 Å². The minimum atomic E-state index is -3.60. The first-order chi connectivity index (χ1) is 15.2. The molecule has 1 saturated carbocycles. The Hall–Kier alpha value is -1.75. The van der Waals surface area contributed by atoms with Crippen molar-refractivity contribution in [3.63, 3.8) is 0 Å². The highest BCUT2D eigenvalue weighted by molar-refractivity contribution is 7.87. The van der Waals surface area contributed by atoms with Crippen molar-refractivity contribution < 1.29 is 27.1 Å². The number of hydrogen-bond donors (Lipinski definition) is 1. The molecule has 0 bridgehead atoms. The monoisotopic (exact) mass is 471 g/mol. The third kappa shape index (κ3) is 6.40. The van der Waals surface area contributed by atoms with Gasteiger partial charge in [0.25, 0.3) is 10.2 Å². The lowest BCUT2D eigenvalue weighted by atomic mass is 9.82. The lowest BCUT2D eigenvalue weighted by molar-refractivity contribution is -0.0159. The third-order valence-corrected chi connectivity index (χ3v) is 8.05. The number of carbonyl (C=O) groups excluding carboxylic acids is 1. The van der Waals surface area contributed by atoms with Crippen LogP contribution in [0.5, 0.6) is 0 Å². The van der Waals surface area contributed by atoms with Crippen LogP contribution in [-0.4, -0.2) is 76.8 Å². The quantitative estimate of drug-likeness (QED) is 0.661. The number of rotatable bonds is 7. The average Bonchev–Trinajstić information content (AvgIpc) is 2.78. The predicted molar refractivity (Wildman–Crippen MR) is 119 cm³/mol. The number of ether oxygens (including phenoxy) is 2. The summed E-state index contributed by atoms with van der Waals surface area (Å²) in [6, 6.07) is 6.46. The summed E-state index contributed by atoms with van der Waals surface area (Å²) in [4.78, 5) is 13.6. The van der Waals surface area contributed by atoms with E-state index in [-0.39, 0.29) is 23.9 Å². The van der Waals surface area contributed by atoms with Gasteiger partial charge in [0.15, 0.2) is 0 Å². The Bertz CT molecular complexity index is 874. The van der Waals surface area contributed by atoms with E-state index in [4.69, 9.17) is 9.47 Å². The molecular weight excluding hydrogens is 437 g/mol. The summed E-state index contributed by atoms with van der Waals surface area (Å²) in [6.45, 7) is 1.14. The number of carbonyl (C=O) groups is 1. The van der Waals surface area contributed by atoms with E-state index in [0.717, 1.165) is 35.6 Å². The Labute approximate surface area is 190 Å². The van der Waals surface area contributed by atoms with Crippen LogP contribution >= 0.6 is 0 Å². The molecule has 2 fully saturated rings. The summed E-state index contributed by atoms with van der Waals surface area (Å²) in [5, 5.41) is 0. The summed E-state index contributed by atoms with van der Waals surface area (Å²) >= 11 is 0. The molecule has 1 aromatic carbocycles. The molecule has 180 valence electrons. The van der Waals surface area contributed by atoms with Crippen molar-refractivity contribution in [2.45, 2.75) is 50.2 Å². The van der Waals surface area contributed by atoms with Crippen LogP contribution in [0.2, 0.25) is 0 Å². The molecule has 1 saturated heterocycles. The lowest BCUT2D eigenvalue weighted by Gasteiger charge is -2.39. The average molecular weight is 472 g/mol. The number of halogens is 1. The molecule has 2 unspecified atom stereocenters. The van der Waals surface area contributed by atoms with Crippen molar-refractivity contribution in [1.29, 1.82) is 0 Å². The third-order valence-electron chi connectivity index (χ3n) is 6.49. The highest BCUT2D eigenvalue weighted by atomic mass is 32.2. The second-order valence-electron chi connectivity index (χ2n) is 8.84. The van der Waals surface area contributed by atoms with E-state index in [1.165, 1.54) is 27.3 Å². The molecule has 1 aromatic rings. The number of nitrogens with zero attached hydrogens (tertiary/aromatic N) is 2. The van der Waals surface area contributed by atoms with Gasteiger partial charge in [-0.1, -0.05) is 12.1 Å². The highest BCUT2D eigenvalue weighted by Gasteiger charge is 2.36. The van der Waals surface area contributed by atoms with Gasteiger partial charge in [-0.3, -0.25) is 0 Å². The van der Waals surface area contributed by atoms with Crippen LogP contribution in [0.25, 0.3) is 0 Å². The molecule has 3 rings (SSSR count). The van der Waals surface area contributed by atoms with E-state index in [0.29, 0.717) is 32.0 Å². The Morgan fingerprint density at radius 2 is 1.94 bits per heavy atom. The van der Waals surface area contributed by atoms with Crippen LogP contribution in [0, 0.1) is 11.7 Å². The van der Waals surface area contributed by atoms with Gasteiger partial charge in [0, 0.05) is 39.1 Å². The van der Waals surface area contributed by atoms with Crippen molar-refractivity contribution in [3.8, 4) is 0 Å². The van der Waals surface area contributed by atoms with Gasteiger partial charge in [0.1, 0.15) is 5.82 Å². The zero-order valence-corrected chi connectivity index (χ0v) is 19.8. The molecule has 1 N–H and O–H groups in total. The highest BCUT2D eigenvalue weighted by Crippen LogP contribution is 2.34. The van der Waals surface area contributed by atoms with Gasteiger partial charge in [-0.2, -0.15) is 17.4 Å². The zero-order valence-electron chi connectivity index (χ0n) is 19.0. The fourth-order valence-corrected chi connectivity index (χ4v) is 5.43. The topological polar surface area (TPSA) is 88.2 Å². The molecular formula is C22H34FN3O5S. The van der Waals surface area contributed by atoms with Crippen molar-refractivity contribution in [1.82, 2.24) is 13.9 Å². The number of amides is 1. The van der Waals surface area contributed by atoms with Crippen LogP contribution in [0.4, 0.5) is 9.18 Å². The molecule has 1 aliphatic carbocycles. The number of piperidine rings is 1. The largest absolute Gasteiger partial charge is 0.453 e. The smallest absolute Gasteiger partial charge is 0.409 e. The molecule has 10 heteroatoms. The second-order valence-corrected chi connectivity index (χ2v) is 10.8.